The summed E-state index contributed by atoms with van der Waals surface area (Å²) in [5.74, 6) is 0.740. The monoisotopic (exact) mass is 351 g/mol. The number of aliphatic hydroxyl groups excluding tert-OH is 2. The summed E-state index contributed by atoms with van der Waals surface area (Å²) in [5.41, 5.74) is 0.773. The van der Waals surface area contributed by atoms with Crippen LogP contribution >= 0.6 is 0 Å². The van der Waals surface area contributed by atoms with Crippen LogP contribution in [0.2, 0.25) is 0 Å². The van der Waals surface area contributed by atoms with Crippen LogP contribution in [0.3, 0.4) is 0 Å². The van der Waals surface area contributed by atoms with Crippen LogP contribution in [0.1, 0.15) is 5.56 Å². The van der Waals surface area contributed by atoms with Gasteiger partial charge in [-0.1, -0.05) is 0 Å². The van der Waals surface area contributed by atoms with Crippen molar-refractivity contribution in [1.82, 2.24) is 4.90 Å². The molecule has 1 aromatic carbocycles. The van der Waals surface area contributed by atoms with E-state index in [1.807, 2.05) is 0 Å². The predicted molar refractivity (Wildman–Crippen MR) is 92.5 cm³/mol. The Morgan fingerprint density at radius 3 is 2.48 bits per heavy atom. The lowest BCUT2D eigenvalue weighted by atomic mass is 9.96. The van der Waals surface area contributed by atoms with Crippen molar-refractivity contribution < 1.29 is 29.2 Å². The molecule has 0 aromatic heterocycles. The van der Waals surface area contributed by atoms with E-state index in [9.17, 15) is 15.0 Å². The first kappa shape index (κ1) is 19.2. The average Bonchev–Trinajstić information content (AvgIpc) is 2.62. The largest absolute Gasteiger partial charge is 0.497 e. The van der Waals surface area contributed by atoms with Crippen molar-refractivity contribution in [2.24, 2.45) is 5.92 Å². The maximum absolute atomic E-state index is 12.3. The Bertz CT molecular complexity index is 595. The van der Waals surface area contributed by atoms with E-state index in [2.05, 4.69) is 0 Å². The van der Waals surface area contributed by atoms with Crippen molar-refractivity contribution in [3.63, 3.8) is 0 Å². The van der Waals surface area contributed by atoms with Gasteiger partial charge < -0.3 is 29.3 Å². The third kappa shape index (κ3) is 5.19. The van der Waals surface area contributed by atoms with Gasteiger partial charge in [0.1, 0.15) is 17.6 Å². The summed E-state index contributed by atoms with van der Waals surface area (Å²) in [5, 5.41) is 19.6. The number of hydrogen-bond acceptors (Lipinski definition) is 6. The summed E-state index contributed by atoms with van der Waals surface area (Å²) in [7, 11) is 4.77. The third-order valence-electron chi connectivity index (χ3n) is 4.17. The number of carbonyl (C=O) groups excluding carboxylic acids is 1. The molecule has 1 saturated heterocycles. The maximum atomic E-state index is 12.3. The van der Waals surface area contributed by atoms with Crippen LogP contribution in [0.25, 0.3) is 6.08 Å². The number of benzene rings is 1. The van der Waals surface area contributed by atoms with Gasteiger partial charge >= 0.3 is 0 Å². The molecule has 0 aliphatic carbocycles. The first-order valence-corrected chi connectivity index (χ1v) is 8.04. The lowest BCUT2D eigenvalue weighted by Gasteiger charge is -2.34. The Morgan fingerprint density at radius 1 is 1.24 bits per heavy atom. The molecule has 7 heteroatoms. The fourth-order valence-corrected chi connectivity index (χ4v) is 2.67. The minimum Gasteiger partial charge on any atom is -0.497 e. The zero-order valence-corrected chi connectivity index (χ0v) is 14.7. The van der Waals surface area contributed by atoms with Gasteiger partial charge in [-0.15, -0.1) is 0 Å². The summed E-state index contributed by atoms with van der Waals surface area (Å²) in [4.78, 5) is 13.8. The minimum atomic E-state index is -0.915. The number of nitrogens with zero attached hydrogens (tertiary/aromatic N) is 1. The fraction of sp³-hybridized carbons (Fsp3) is 0.500. The Kier molecular flexibility index (Phi) is 6.81. The quantitative estimate of drug-likeness (QED) is 0.728. The molecule has 25 heavy (non-hydrogen) atoms. The normalized spacial score (nSPS) is 23.5. The summed E-state index contributed by atoms with van der Waals surface area (Å²) >= 11 is 0. The van der Waals surface area contributed by atoms with E-state index in [1.54, 1.807) is 45.5 Å². The van der Waals surface area contributed by atoms with Crippen LogP contribution in [0.5, 0.6) is 11.5 Å². The molecule has 0 radical (unpaired) electrons. The summed E-state index contributed by atoms with van der Waals surface area (Å²) < 4.78 is 15.6. The zero-order valence-electron chi connectivity index (χ0n) is 14.7. The molecule has 2 N–H and O–H groups in total. The van der Waals surface area contributed by atoms with Gasteiger partial charge in [-0.25, -0.2) is 0 Å². The van der Waals surface area contributed by atoms with Crippen LogP contribution < -0.4 is 9.47 Å². The van der Waals surface area contributed by atoms with E-state index < -0.39 is 12.2 Å². The van der Waals surface area contributed by atoms with Gasteiger partial charge in [0.25, 0.3) is 0 Å². The topological polar surface area (TPSA) is 88.5 Å². The predicted octanol–water partition coefficient (Wildman–Crippen LogP) is 0.544. The smallest absolute Gasteiger partial charge is 0.246 e. The summed E-state index contributed by atoms with van der Waals surface area (Å²) in [6.45, 7) is 0.725. The van der Waals surface area contributed by atoms with Crippen molar-refractivity contribution in [3.05, 3.63) is 29.8 Å². The van der Waals surface area contributed by atoms with Gasteiger partial charge in [0.2, 0.25) is 5.91 Å². The van der Waals surface area contributed by atoms with Gasteiger partial charge in [-0.05, 0) is 23.8 Å². The molecule has 1 aromatic rings. The fourth-order valence-electron chi connectivity index (χ4n) is 2.67. The molecule has 0 unspecified atom stereocenters. The highest BCUT2D eigenvalue weighted by Crippen LogP contribution is 2.23. The Hall–Kier alpha value is -2.09. The van der Waals surface area contributed by atoms with Crippen LogP contribution in [0, 0.1) is 5.92 Å². The average molecular weight is 351 g/mol. The number of aliphatic hydroxyl groups is 2. The molecule has 1 amide bonds. The van der Waals surface area contributed by atoms with Crippen LogP contribution in [-0.2, 0) is 9.53 Å². The summed E-state index contributed by atoms with van der Waals surface area (Å²) in [6.07, 6.45) is 1.31. The number of likely N-dealkylation sites (N-methyl/N-ethyl adjacent to an activating group) is 1. The first-order chi connectivity index (χ1) is 11.9. The molecule has 7 nitrogen and oxygen atoms in total. The number of carbonyl (C=O) groups is 1. The maximum Gasteiger partial charge on any atom is 0.246 e. The second-order valence-electron chi connectivity index (χ2n) is 6.05. The molecule has 0 saturated carbocycles. The highest BCUT2D eigenvalue weighted by molar-refractivity contribution is 5.91. The second kappa shape index (κ2) is 8.84. The van der Waals surface area contributed by atoms with E-state index in [0.717, 1.165) is 5.56 Å². The first-order valence-electron chi connectivity index (χ1n) is 8.04. The van der Waals surface area contributed by atoms with Crippen LogP contribution in [-0.4, -0.2) is 74.3 Å². The van der Waals surface area contributed by atoms with Crippen molar-refractivity contribution >= 4 is 12.0 Å². The van der Waals surface area contributed by atoms with Gasteiger partial charge in [0, 0.05) is 31.7 Å². The lowest BCUT2D eigenvalue weighted by molar-refractivity contribution is -0.136. The van der Waals surface area contributed by atoms with Crippen molar-refractivity contribution in [2.75, 3.05) is 41.0 Å². The standard InChI is InChI=1S/C18H25NO6/c1-19(9-13-10-25-11-16(20)18(13)22)17(21)5-4-12-6-14(23-2)8-15(7-12)24-3/h4-8,13,16,18,20,22H,9-11H2,1-3H3/b5-4+/t13-,16-,18+/m1/s1. The Morgan fingerprint density at radius 2 is 1.88 bits per heavy atom. The lowest BCUT2D eigenvalue weighted by Crippen LogP contribution is -2.48. The summed E-state index contributed by atoms with van der Waals surface area (Å²) in [6, 6.07) is 5.34. The van der Waals surface area contributed by atoms with Gasteiger partial charge in [0.05, 0.1) is 33.5 Å². The number of ether oxygens (including phenoxy) is 3. The zero-order chi connectivity index (χ0) is 18.4. The van der Waals surface area contributed by atoms with Crippen LogP contribution in [0.15, 0.2) is 24.3 Å². The molecule has 1 aliphatic heterocycles. The molecule has 138 valence electrons. The molecular formula is C18H25NO6. The Labute approximate surface area is 147 Å². The minimum absolute atomic E-state index is 0.118. The number of hydrogen-bond donors (Lipinski definition) is 2. The van der Waals surface area contributed by atoms with E-state index in [1.165, 1.54) is 11.0 Å². The molecule has 3 atom stereocenters. The molecule has 2 rings (SSSR count). The highest BCUT2D eigenvalue weighted by Gasteiger charge is 2.32. The van der Waals surface area contributed by atoms with Gasteiger partial charge in [0.15, 0.2) is 0 Å². The van der Waals surface area contributed by atoms with Gasteiger partial charge in [-0.2, -0.15) is 0 Å². The molecule has 1 heterocycles. The molecule has 1 aliphatic rings. The molecular weight excluding hydrogens is 326 g/mol. The Balaban J connectivity index is 1.99. The highest BCUT2D eigenvalue weighted by atomic mass is 16.5. The van der Waals surface area contributed by atoms with E-state index >= 15 is 0 Å². The molecule has 0 spiro atoms. The van der Waals surface area contributed by atoms with Crippen molar-refractivity contribution in [3.8, 4) is 11.5 Å². The molecule has 1 fully saturated rings. The number of rotatable bonds is 6. The second-order valence-corrected chi connectivity index (χ2v) is 6.05. The number of methoxy groups -OCH3 is 2. The van der Waals surface area contributed by atoms with Crippen molar-refractivity contribution in [2.45, 2.75) is 12.2 Å². The van der Waals surface area contributed by atoms with Gasteiger partial charge in [-0.3, -0.25) is 4.79 Å². The van der Waals surface area contributed by atoms with E-state index in [4.69, 9.17) is 14.2 Å². The van der Waals surface area contributed by atoms with Crippen LogP contribution in [0.4, 0.5) is 0 Å². The van der Waals surface area contributed by atoms with E-state index in [0.29, 0.717) is 24.7 Å². The third-order valence-corrected chi connectivity index (χ3v) is 4.17. The van der Waals surface area contributed by atoms with Crippen molar-refractivity contribution in [1.29, 1.82) is 0 Å². The molecule has 0 bridgehead atoms. The number of amides is 1. The SMILES string of the molecule is COc1cc(/C=C/C(=O)N(C)C[C@@H]2COC[C@@H](O)[C@H]2O)cc(OC)c1. The van der Waals surface area contributed by atoms with E-state index in [-0.39, 0.29) is 18.4 Å².